The van der Waals surface area contributed by atoms with E-state index in [-0.39, 0.29) is 22.4 Å². The second-order valence-electron chi connectivity index (χ2n) is 6.32. The molecule has 2 aromatic carbocycles. The zero-order chi connectivity index (χ0) is 22.4. The molecule has 0 aliphatic carbocycles. The van der Waals surface area contributed by atoms with E-state index in [2.05, 4.69) is 15.0 Å². The van der Waals surface area contributed by atoms with Crippen LogP contribution < -0.4 is 19.5 Å². The number of halogens is 1. The van der Waals surface area contributed by atoms with Gasteiger partial charge < -0.3 is 14.8 Å². The van der Waals surface area contributed by atoms with E-state index in [1.54, 1.807) is 23.6 Å². The lowest BCUT2D eigenvalue weighted by Gasteiger charge is -2.11. The molecule has 31 heavy (non-hydrogen) atoms. The van der Waals surface area contributed by atoms with Crippen LogP contribution in [0.3, 0.4) is 0 Å². The van der Waals surface area contributed by atoms with Crippen LogP contribution in [0.25, 0.3) is 0 Å². The number of anilines is 2. The van der Waals surface area contributed by atoms with Crippen molar-refractivity contribution in [3.8, 4) is 11.5 Å². The molecule has 0 bridgehead atoms. The number of carbonyl (C=O) groups excluding carboxylic acids is 1. The van der Waals surface area contributed by atoms with Crippen LogP contribution in [-0.4, -0.2) is 33.5 Å². The summed E-state index contributed by atoms with van der Waals surface area (Å²) in [5.41, 5.74) is 1.05. The molecule has 11 heteroatoms. The third-order valence-corrected chi connectivity index (χ3v) is 6.48. The number of carbonyl (C=O) groups is 1. The maximum atomic E-state index is 13.0. The standard InChI is InChI=1S/C20H20FN3O5S2/c1-28-15-6-9-18(29-2)17(11-15)23-19(25)10-5-14-12-30-20(22-14)24-31(26,27)16-7-3-13(21)4-8-16/h3-4,6-9,11-12H,5,10H2,1-2H3,(H,22,24)(H,23,25). The van der Waals surface area contributed by atoms with Gasteiger partial charge in [-0.25, -0.2) is 17.8 Å². The molecule has 3 rings (SSSR count). The zero-order valence-corrected chi connectivity index (χ0v) is 18.3. The van der Waals surface area contributed by atoms with Gasteiger partial charge in [0.2, 0.25) is 5.91 Å². The lowest BCUT2D eigenvalue weighted by molar-refractivity contribution is -0.116. The summed E-state index contributed by atoms with van der Waals surface area (Å²) in [6.45, 7) is 0. The van der Waals surface area contributed by atoms with Gasteiger partial charge in [-0.15, -0.1) is 11.3 Å². The highest BCUT2D eigenvalue weighted by molar-refractivity contribution is 7.93. The number of ether oxygens (including phenoxy) is 2. The van der Waals surface area contributed by atoms with Gasteiger partial charge in [-0.3, -0.25) is 9.52 Å². The number of amides is 1. The predicted molar refractivity (Wildman–Crippen MR) is 116 cm³/mol. The van der Waals surface area contributed by atoms with Crippen LogP contribution in [0.2, 0.25) is 0 Å². The van der Waals surface area contributed by atoms with Gasteiger partial charge in [0.05, 0.1) is 30.5 Å². The summed E-state index contributed by atoms with van der Waals surface area (Å²) in [6, 6.07) is 9.54. The maximum absolute atomic E-state index is 13.0. The van der Waals surface area contributed by atoms with Crippen molar-refractivity contribution in [2.45, 2.75) is 17.7 Å². The molecule has 3 aromatic rings. The molecule has 164 valence electrons. The highest BCUT2D eigenvalue weighted by Gasteiger charge is 2.17. The maximum Gasteiger partial charge on any atom is 0.263 e. The van der Waals surface area contributed by atoms with E-state index in [0.717, 1.165) is 23.5 Å². The van der Waals surface area contributed by atoms with Crippen molar-refractivity contribution in [1.29, 1.82) is 0 Å². The van der Waals surface area contributed by atoms with Gasteiger partial charge in [-0.05, 0) is 42.8 Å². The normalized spacial score (nSPS) is 11.1. The number of aryl methyl sites for hydroxylation is 1. The van der Waals surface area contributed by atoms with Gasteiger partial charge in [0, 0.05) is 17.9 Å². The predicted octanol–water partition coefficient (Wildman–Crippen LogP) is 3.67. The van der Waals surface area contributed by atoms with E-state index in [0.29, 0.717) is 29.3 Å². The minimum Gasteiger partial charge on any atom is -0.497 e. The van der Waals surface area contributed by atoms with Crippen LogP contribution in [0.5, 0.6) is 11.5 Å². The molecule has 2 N–H and O–H groups in total. The van der Waals surface area contributed by atoms with Crippen molar-refractivity contribution in [2.75, 3.05) is 24.3 Å². The number of thiazole rings is 1. The molecular formula is C20H20FN3O5S2. The van der Waals surface area contributed by atoms with Gasteiger partial charge in [0.1, 0.15) is 17.3 Å². The Morgan fingerprint density at radius 2 is 1.87 bits per heavy atom. The number of benzene rings is 2. The minimum atomic E-state index is -3.88. The summed E-state index contributed by atoms with van der Waals surface area (Å²) >= 11 is 1.10. The second-order valence-corrected chi connectivity index (χ2v) is 8.86. The van der Waals surface area contributed by atoms with Gasteiger partial charge in [-0.1, -0.05) is 0 Å². The Kier molecular flexibility index (Phi) is 7.08. The second kappa shape index (κ2) is 9.75. The summed E-state index contributed by atoms with van der Waals surface area (Å²) in [4.78, 5) is 16.5. The molecule has 0 radical (unpaired) electrons. The summed E-state index contributed by atoms with van der Waals surface area (Å²) in [5, 5.41) is 4.60. The third kappa shape index (κ3) is 5.92. The fraction of sp³-hybridized carbons (Fsp3) is 0.200. The summed E-state index contributed by atoms with van der Waals surface area (Å²) < 4.78 is 50.4. The van der Waals surface area contributed by atoms with E-state index in [9.17, 15) is 17.6 Å². The van der Waals surface area contributed by atoms with Crippen molar-refractivity contribution in [3.63, 3.8) is 0 Å². The van der Waals surface area contributed by atoms with E-state index >= 15 is 0 Å². The quantitative estimate of drug-likeness (QED) is 0.499. The number of rotatable bonds is 9. The Balaban J connectivity index is 1.59. The molecule has 1 aromatic heterocycles. The first-order chi connectivity index (χ1) is 14.8. The first-order valence-corrected chi connectivity index (χ1v) is 11.4. The Morgan fingerprint density at radius 3 is 2.55 bits per heavy atom. The SMILES string of the molecule is COc1ccc(OC)c(NC(=O)CCc2csc(NS(=O)(=O)c3ccc(F)cc3)n2)c1. The molecule has 0 saturated heterocycles. The molecule has 0 unspecified atom stereocenters. The van der Waals surface area contributed by atoms with Crippen LogP contribution in [0.15, 0.2) is 52.7 Å². The van der Waals surface area contributed by atoms with E-state index in [4.69, 9.17) is 9.47 Å². The third-order valence-electron chi connectivity index (χ3n) is 4.19. The summed E-state index contributed by atoms with van der Waals surface area (Å²) in [7, 11) is -0.850. The fourth-order valence-corrected chi connectivity index (χ4v) is 4.62. The molecule has 0 aliphatic heterocycles. The van der Waals surface area contributed by atoms with Gasteiger partial charge >= 0.3 is 0 Å². The highest BCUT2D eigenvalue weighted by atomic mass is 32.2. The zero-order valence-electron chi connectivity index (χ0n) is 16.7. The topological polar surface area (TPSA) is 107 Å². The molecule has 0 saturated carbocycles. The van der Waals surface area contributed by atoms with E-state index in [1.807, 2.05) is 0 Å². The van der Waals surface area contributed by atoms with Crippen molar-refractivity contribution in [2.24, 2.45) is 0 Å². The Morgan fingerprint density at radius 1 is 1.13 bits per heavy atom. The molecular weight excluding hydrogens is 445 g/mol. The minimum absolute atomic E-state index is 0.0720. The van der Waals surface area contributed by atoms with Crippen LogP contribution in [0.4, 0.5) is 15.2 Å². The average molecular weight is 466 g/mol. The van der Waals surface area contributed by atoms with Gasteiger partial charge in [0.15, 0.2) is 5.13 Å². The highest BCUT2D eigenvalue weighted by Crippen LogP contribution is 2.29. The number of nitrogens with one attached hydrogen (secondary N) is 2. The van der Waals surface area contributed by atoms with Gasteiger partial charge in [0.25, 0.3) is 10.0 Å². The van der Waals surface area contributed by atoms with Gasteiger partial charge in [-0.2, -0.15) is 0 Å². The Labute approximate surface area is 183 Å². The smallest absolute Gasteiger partial charge is 0.263 e. The Hall–Kier alpha value is -3.18. The number of sulfonamides is 1. The molecule has 1 amide bonds. The monoisotopic (exact) mass is 465 g/mol. The Bertz CT molecular complexity index is 1160. The van der Waals surface area contributed by atoms with Crippen LogP contribution in [-0.2, 0) is 21.2 Å². The molecule has 0 aliphatic rings. The van der Waals surface area contributed by atoms with Crippen molar-refractivity contribution < 1.29 is 27.1 Å². The van der Waals surface area contributed by atoms with E-state index in [1.165, 1.54) is 26.4 Å². The van der Waals surface area contributed by atoms with Crippen molar-refractivity contribution in [1.82, 2.24) is 4.98 Å². The van der Waals surface area contributed by atoms with E-state index < -0.39 is 15.8 Å². The van der Waals surface area contributed by atoms with Crippen LogP contribution >= 0.6 is 11.3 Å². The number of methoxy groups -OCH3 is 2. The molecule has 8 nitrogen and oxygen atoms in total. The molecule has 0 atom stereocenters. The average Bonchev–Trinajstić information content (AvgIpc) is 3.19. The first-order valence-electron chi connectivity index (χ1n) is 9.05. The number of nitrogens with zero attached hydrogens (tertiary/aromatic N) is 1. The molecule has 0 fully saturated rings. The molecule has 0 spiro atoms. The number of hydrogen-bond donors (Lipinski definition) is 2. The number of aromatic nitrogens is 1. The van der Waals surface area contributed by atoms with Crippen LogP contribution in [0.1, 0.15) is 12.1 Å². The first kappa shape index (κ1) is 22.5. The largest absolute Gasteiger partial charge is 0.497 e. The van der Waals surface area contributed by atoms with Crippen LogP contribution in [0, 0.1) is 5.82 Å². The summed E-state index contributed by atoms with van der Waals surface area (Å²) in [6.07, 6.45) is 0.446. The molecule has 1 heterocycles. The lowest BCUT2D eigenvalue weighted by Crippen LogP contribution is -2.14. The fourth-order valence-electron chi connectivity index (χ4n) is 2.62. The summed E-state index contributed by atoms with van der Waals surface area (Å²) in [5.74, 6) is 0.294. The van der Waals surface area contributed by atoms with Crippen molar-refractivity contribution >= 4 is 38.1 Å². The number of hydrogen-bond acceptors (Lipinski definition) is 7. The lowest BCUT2D eigenvalue weighted by atomic mass is 10.2. The van der Waals surface area contributed by atoms with Crippen molar-refractivity contribution in [3.05, 3.63) is 59.4 Å².